The topological polar surface area (TPSA) is 32.3 Å². The Morgan fingerprint density at radius 1 is 1.11 bits per heavy atom. The summed E-state index contributed by atoms with van der Waals surface area (Å²) >= 11 is 1.55. The molecule has 0 saturated carbocycles. The van der Waals surface area contributed by atoms with Gasteiger partial charge in [-0.1, -0.05) is 0 Å². The van der Waals surface area contributed by atoms with Crippen LogP contribution in [0.25, 0.3) is 0 Å². The number of nitrogens with zero attached hydrogens (tertiary/aromatic N) is 1. The number of nitrogens with one attached hydrogen (secondary N) is 1. The average Bonchev–Trinajstić information content (AvgIpc) is 2.78. The normalized spacial score (nSPS) is 13.7. The molecule has 18 heavy (non-hydrogen) atoms. The lowest BCUT2D eigenvalue weighted by Crippen LogP contribution is -2.09. The maximum Gasteiger partial charge on any atom is 0.258 e. The van der Waals surface area contributed by atoms with Gasteiger partial charge in [-0.2, -0.15) is 0 Å². The van der Waals surface area contributed by atoms with Gasteiger partial charge < -0.3 is 10.2 Å². The Kier molecular flexibility index (Phi) is 2.41. The highest BCUT2D eigenvalue weighted by Gasteiger charge is 2.24. The standard InChI is InChI=1S/C14H14N2OS/c1-8-4-11-12(5-9(8)2)16(3)13-7-18-6-10(13)14(17)15-11/h4-7H,1-3H3,(H,15,17). The van der Waals surface area contributed by atoms with Crippen LogP contribution in [0, 0.1) is 13.8 Å². The van der Waals surface area contributed by atoms with Crippen LogP contribution in [0.3, 0.4) is 0 Å². The van der Waals surface area contributed by atoms with E-state index in [4.69, 9.17) is 0 Å². The first kappa shape index (κ1) is 11.3. The van der Waals surface area contributed by atoms with E-state index in [-0.39, 0.29) is 5.91 Å². The van der Waals surface area contributed by atoms with Crippen LogP contribution in [0.15, 0.2) is 22.9 Å². The van der Waals surface area contributed by atoms with Gasteiger partial charge in [0.15, 0.2) is 0 Å². The lowest BCUT2D eigenvalue weighted by atomic mass is 10.1. The number of amides is 1. The van der Waals surface area contributed by atoms with E-state index in [0.29, 0.717) is 0 Å². The van der Waals surface area contributed by atoms with Crippen LogP contribution in [0.5, 0.6) is 0 Å². The Hall–Kier alpha value is -1.81. The predicted octanol–water partition coefficient (Wildman–Crippen LogP) is 3.70. The monoisotopic (exact) mass is 258 g/mol. The summed E-state index contributed by atoms with van der Waals surface area (Å²) in [6.45, 7) is 4.15. The van der Waals surface area contributed by atoms with E-state index in [9.17, 15) is 4.79 Å². The van der Waals surface area contributed by atoms with Crippen LogP contribution >= 0.6 is 11.3 Å². The molecule has 2 heterocycles. The highest BCUT2D eigenvalue weighted by Crippen LogP contribution is 2.39. The number of hydrogen-bond donors (Lipinski definition) is 1. The first-order chi connectivity index (χ1) is 8.58. The minimum absolute atomic E-state index is 0.0277. The summed E-state index contributed by atoms with van der Waals surface area (Å²) in [5.74, 6) is -0.0277. The van der Waals surface area contributed by atoms with Crippen molar-refractivity contribution >= 4 is 34.3 Å². The number of carbonyl (C=O) groups excluding carboxylic acids is 1. The van der Waals surface area contributed by atoms with E-state index in [1.807, 2.05) is 23.9 Å². The van der Waals surface area contributed by atoms with Crippen LogP contribution < -0.4 is 10.2 Å². The van der Waals surface area contributed by atoms with Crippen molar-refractivity contribution in [3.63, 3.8) is 0 Å². The van der Waals surface area contributed by atoms with Gasteiger partial charge in [0, 0.05) is 17.8 Å². The zero-order valence-corrected chi connectivity index (χ0v) is 11.4. The summed E-state index contributed by atoms with van der Waals surface area (Å²) in [5.41, 5.74) is 6.06. The molecule has 3 nitrogen and oxygen atoms in total. The second-order valence-electron chi connectivity index (χ2n) is 4.64. The van der Waals surface area contributed by atoms with Crippen molar-refractivity contribution in [2.75, 3.05) is 17.3 Å². The lowest BCUT2D eigenvalue weighted by Gasteiger charge is -2.20. The third-order valence-electron chi connectivity index (χ3n) is 3.47. The van der Waals surface area contributed by atoms with Crippen molar-refractivity contribution in [3.05, 3.63) is 39.6 Å². The molecule has 3 rings (SSSR count). The predicted molar refractivity (Wildman–Crippen MR) is 76.3 cm³/mol. The molecule has 0 radical (unpaired) electrons. The van der Waals surface area contributed by atoms with Gasteiger partial charge >= 0.3 is 0 Å². The number of carbonyl (C=O) groups is 1. The van der Waals surface area contributed by atoms with Crippen LogP contribution in [0.1, 0.15) is 21.5 Å². The molecule has 0 saturated heterocycles. The molecule has 1 aliphatic heterocycles. The maximum atomic E-state index is 12.1. The zero-order chi connectivity index (χ0) is 12.9. The van der Waals surface area contributed by atoms with E-state index >= 15 is 0 Å². The Labute approximate surface area is 110 Å². The van der Waals surface area contributed by atoms with E-state index in [1.54, 1.807) is 11.3 Å². The van der Waals surface area contributed by atoms with Gasteiger partial charge in [-0.3, -0.25) is 4.79 Å². The van der Waals surface area contributed by atoms with Crippen LogP contribution in [-0.4, -0.2) is 13.0 Å². The van der Waals surface area contributed by atoms with Crippen molar-refractivity contribution in [1.82, 2.24) is 0 Å². The van der Waals surface area contributed by atoms with Crippen LogP contribution in [-0.2, 0) is 0 Å². The molecule has 2 aromatic rings. The summed E-state index contributed by atoms with van der Waals surface area (Å²) in [6.07, 6.45) is 0. The quantitative estimate of drug-likeness (QED) is 0.781. The number of fused-ring (bicyclic) bond motifs is 2. The van der Waals surface area contributed by atoms with Crippen molar-refractivity contribution < 1.29 is 4.79 Å². The molecule has 0 unspecified atom stereocenters. The second kappa shape index (κ2) is 3.85. The van der Waals surface area contributed by atoms with Gasteiger partial charge in [-0.05, 0) is 37.1 Å². The van der Waals surface area contributed by atoms with Crippen molar-refractivity contribution in [2.24, 2.45) is 0 Å². The first-order valence-corrected chi connectivity index (χ1v) is 6.74. The number of aryl methyl sites for hydroxylation is 2. The largest absolute Gasteiger partial charge is 0.342 e. The molecule has 4 heteroatoms. The van der Waals surface area contributed by atoms with Crippen LogP contribution in [0.4, 0.5) is 17.1 Å². The SMILES string of the molecule is Cc1cc2c(cc1C)N(C)c1cscc1C(=O)N2. The molecular formula is C14H14N2OS. The van der Waals surface area contributed by atoms with E-state index in [1.165, 1.54) is 11.1 Å². The Morgan fingerprint density at radius 2 is 1.83 bits per heavy atom. The molecule has 92 valence electrons. The molecule has 1 aromatic heterocycles. The fourth-order valence-corrected chi connectivity index (χ4v) is 3.06. The number of rotatable bonds is 0. The molecule has 1 amide bonds. The molecule has 1 aliphatic rings. The Morgan fingerprint density at radius 3 is 2.61 bits per heavy atom. The molecule has 0 spiro atoms. The molecule has 0 fully saturated rings. The minimum atomic E-state index is -0.0277. The fourth-order valence-electron chi connectivity index (χ4n) is 2.22. The number of benzene rings is 1. The van der Waals surface area contributed by atoms with Gasteiger partial charge in [0.05, 0.1) is 22.6 Å². The van der Waals surface area contributed by atoms with Crippen molar-refractivity contribution in [3.8, 4) is 0 Å². The summed E-state index contributed by atoms with van der Waals surface area (Å²) in [5, 5.41) is 6.90. The third kappa shape index (κ3) is 1.53. The molecule has 0 aliphatic carbocycles. The van der Waals surface area contributed by atoms with E-state index < -0.39 is 0 Å². The number of anilines is 3. The minimum Gasteiger partial charge on any atom is -0.342 e. The van der Waals surface area contributed by atoms with Crippen molar-refractivity contribution in [2.45, 2.75) is 13.8 Å². The van der Waals surface area contributed by atoms with Gasteiger partial charge in [-0.15, -0.1) is 11.3 Å². The molecule has 0 bridgehead atoms. The Balaban J connectivity index is 2.25. The van der Waals surface area contributed by atoms with Gasteiger partial charge in [-0.25, -0.2) is 0 Å². The molecule has 1 N–H and O–H groups in total. The number of thiophene rings is 1. The fraction of sp³-hybridized carbons (Fsp3) is 0.214. The second-order valence-corrected chi connectivity index (χ2v) is 5.38. The summed E-state index contributed by atoms with van der Waals surface area (Å²) in [4.78, 5) is 14.2. The first-order valence-electron chi connectivity index (χ1n) is 5.80. The van der Waals surface area contributed by atoms with Gasteiger partial charge in [0.25, 0.3) is 5.91 Å². The zero-order valence-electron chi connectivity index (χ0n) is 10.6. The van der Waals surface area contributed by atoms with Crippen molar-refractivity contribution in [1.29, 1.82) is 0 Å². The summed E-state index contributed by atoms with van der Waals surface area (Å²) < 4.78 is 0. The maximum absolute atomic E-state index is 12.1. The molecule has 1 aromatic carbocycles. The lowest BCUT2D eigenvalue weighted by molar-refractivity contribution is 0.102. The van der Waals surface area contributed by atoms with E-state index in [2.05, 4.69) is 30.1 Å². The molecular weight excluding hydrogens is 244 g/mol. The van der Waals surface area contributed by atoms with E-state index in [0.717, 1.165) is 22.6 Å². The molecule has 0 atom stereocenters. The average molecular weight is 258 g/mol. The smallest absolute Gasteiger partial charge is 0.258 e. The number of hydrogen-bond acceptors (Lipinski definition) is 3. The highest BCUT2D eigenvalue weighted by molar-refractivity contribution is 7.08. The van der Waals surface area contributed by atoms with Gasteiger partial charge in [0.2, 0.25) is 0 Å². The van der Waals surface area contributed by atoms with Crippen LogP contribution in [0.2, 0.25) is 0 Å². The third-order valence-corrected chi connectivity index (χ3v) is 4.20. The summed E-state index contributed by atoms with van der Waals surface area (Å²) in [7, 11) is 2.00. The van der Waals surface area contributed by atoms with Gasteiger partial charge in [0.1, 0.15) is 0 Å². The summed E-state index contributed by atoms with van der Waals surface area (Å²) in [6, 6.07) is 4.16. The Bertz CT molecular complexity index is 645. The highest BCUT2D eigenvalue weighted by atomic mass is 32.1.